The van der Waals surface area contributed by atoms with E-state index in [1.165, 1.54) is 17.7 Å². The van der Waals surface area contributed by atoms with E-state index in [0.29, 0.717) is 15.9 Å². The van der Waals surface area contributed by atoms with Crippen molar-refractivity contribution in [3.8, 4) is 10.8 Å². The van der Waals surface area contributed by atoms with Gasteiger partial charge >= 0.3 is 0 Å². The van der Waals surface area contributed by atoms with Crippen LogP contribution < -0.4 is 5.73 Å². The lowest BCUT2D eigenvalue weighted by atomic mass is 10.5. The molecule has 2 rings (SSSR count). The van der Waals surface area contributed by atoms with Gasteiger partial charge in [0.25, 0.3) is 0 Å². The number of hydrogen-bond donors (Lipinski definition) is 1. The van der Waals surface area contributed by atoms with Crippen LogP contribution in [-0.4, -0.2) is 15.2 Å². The molecule has 0 aliphatic heterocycles. The van der Waals surface area contributed by atoms with Gasteiger partial charge in [-0.1, -0.05) is 11.3 Å². The van der Waals surface area contributed by atoms with Gasteiger partial charge in [0.15, 0.2) is 17.2 Å². The Hall–Kier alpha value is -1.43. The number of oxazole rings is 1. The summed E-state index contributed by atoms with van der Waals surface area (Å²) in [6, 6.07) is 0. The fourth-order valence-electron chi connectivity index (χ4n) is 0.656. The topological polar surface area (TPSA) is 77.8 Å². The van der Waals surface area contributed by atoms with Crippen LogP contribution in [0.4, 0.5) is 5.13 Å². The molecule has 11 heavy (non-hydrogen) atoms. The highest BCUT2D eigenvalue weighted by atomic mass is 32.1. The molecular formula is C5H4N4OS. The highest BCUT2D eigenvalue weighted by Crippen LogP contribution is 2.23. The maximum absolute atomic E-state index is 5.37. The minimum absolute atomic E-state index is 0.427. The highest BCUT2D eigenvalue weighted by Gasteiger charge is 2.06. The maximum atomic E-state index is 5.37. The fourth-order valence-corrected chi connectivity index (χ4v) is 1.22. The van der Waals surface area contributed by atoms with Gasteiger partial charge in [-0.05, 0) is 0 Å². The van der Waals surface area contributed by atoms with Gasteiger partial charge in [0.2, 0.25) is 5.13 Å². The molecule has 2 aromatic heterocycles. The minimum atomic E-state index is 0.427. The van der Waals surface area contributed by atoms with Crippen LogP contribution in [0.2, 0.25) is 0 Å². The maximum Gasteiger partial charge on any atom is 0.203 e. The Balaban J connectivity index is 2.45. The molecule has 0 aliphatic rings. The lowest BCUT2D eigenvalue weighted by molar-refractivity contribution is 0.571. The molecule has 5 nitrogen and oxygen atoms in total. The van der Waals surface area contributed by atoms with Crippen molar-refractivity contribution in [2.24, 2.45) is 0 Å². The van der Waals surface area contributed by atoms with Crippen LogP contribution in [-0.2, 0) is 0 Å². The Morgan fingerprint density at radius 2 is 2.36 bits per heavy atom. The molecule has 2 heterocycles. The molecule has 0 aromatic carbocycles. The van der Waals surface area contributed by atoms with Crippen LogP contribution in [0.3, 0.4) is 0 Å². The second-order valence-electron chi connectivity index (χ2n) is 1.81. The van der Waals surface area contributed by atoms with E-state index >= 15 is 0 Å². The predicted molar refractivity (Wildman–Crippen MR) is 39.8 cm³/mol. The van der Waals surface area contributed by atoms with Crippen molar-refractivity contribution in [2.45, 2.75) is 0 Å². The quantitative estimate of drug-likeness (QED) is 0.680. The van der Waals surface area contributed by atoms with Crippen molar-refractivity contribution in [1.82, 2.24) is 15.2 Å². The van der Waals surface area contributed by atoms with Gasteiger partial charge < -0.3 is 10.2 Å². The van der Waals surface area contributed by atoms with Gasteiger partial charge in [0, 0.05) is 0 Å². The van der Waals surface area contributed by atoms with E-state index < -0.39 is 0 Å². The van der Waals surface area contributed by atoms with Gasteiger partial charge in [-0.2, -0.15) is 0 Å². The Morgan fingerprint density at radius 3 is 2.91 bits per heavy atom. The van der Waals surface area contributed by atoms with E-state index in [2.05, 4.69) is 15.2 Å². The van der Waals surface area contributed by atoms with Crippen LogP contribution in [0.1, 0.15) is 0 Å². The summed E-state index contributed by atoms with van der Waals surface area (Å²) in [6.07, 6.45) is 2.91. The summed E-state index contributed by atoms with van der Waals surface area (Å²) < 4.78 is 4.97. The number of anilines is 1. The number of rotatable bonds is 1. The number of hydrogen-bond acceptors (Lipinski definition) is 6. The Morgan fingerprint density at radius 1 is 1.45 bits per heavy atom. The Kier molecular flexibility index (Phi) is 1.32. The minimum Gasteiger partial charge on any atom is -0.441 e. The van der Waals surface area contributed by atoms with Gasteiger partial charge in [-0.25, -0.2) is 4.98 Å². The zero-order valence-corrected chi connectivity index (χ0v) is 6.21. The first kappa shape index (κ1) is 6.29. The van der Waals surface area contributed by atoms with Crippen LogP contribution in [0.5, 0.6) is 0 Å². The van der Waals surface area contributed by atoms with E-state index in [1.54, 1.807) is 6.20 Å². The fraction of sp³-hybridized carbons (Fsp3) is 0. The summed E-state index contributed by atoms with van der Waals surface area (Å²) in [7, 11) is 0. The summed E-state index contributed by atoms with van der Waals surface area (Å²) in [5.74, 6) is 0.596. The van der Waals surface area contributed by atoms with Crippen LogP contribution in [0.25, 0.3) is 10.8 Å². The number of aromatic nitrogens is 3. The number of nitrogen functional groups attached to an aromatic ring is 1. The first-order valence-corrected chi connectivity index (χ1v) is 3.66. The first-order chi connectivity index (χ1) is 5.36. The Labute approximate surface area is 65.9 Å². The summed E-state index contributed by atoms with van der Waals surface area (Å²) in [6.45, 7) is 0. The van der Waals surface area contributed by atoms with Crippen molar-refractivity contribution >= 4 is 16.5 Å². The molecular weight excluding hydrogens is 164 g/mol. The van der Waals surface area contributed by atoms with E-state index in [9.17, 15) is 0 Å². The molecule has 0 amide bonds. The van der Waals surface area contributed by atoms with Crippen molar-refractivity contribution in [3.63, 3.8) is 0 Å². The largest absolute Gasteiger partial charge is 0.441 e. The smallest absolute Gasteiger partial charge is 0.203 e. The lowest BCUT2D eigenvalue weighted by Crippen LogP contribution is -1.79. The van der Waals surface area contributed by atoms with Gasteiger partial charge in [0.05, 0.1) is 6.20 Å². The van der Waals surface area contributed by atoms with Crippen molar-refractivity contribution < 1.29 is 4.42 Å². The molecule has 0 unspecified atom stereocenters. The summed E-state index contributed by atoms with van der Waals surface area (Å²) in [4.78, 5) is 3.74. The zero-order chi connectivity index (χ0) is 7.68. The summed E-state index contributed by atoms with van der Waals surface area (Å²) >= 11 is 1.27. The molecule has 2 aromatic rings. The zero-order valence-electron chi connectivity index (χ0n) is 5.39. The number of nitrogens with zero attached hydrogens (tertiary/aromatic N) is 3. The molecule has 56 valence electrons. The molecule has 0 spiro atoms. The molecule has 0 atom stereocenters. The molecule has 0 fully saturated rings. The van der Waals surface area contributed by atoms with Gasteiger partial charge in [-0.3, -0.25) is 0 Å². The summed E-state index contributed by atoms with van der Waals surface area (Å²) in [5, 5.41) is 8.48. The van der Waals surface area contributed by atoms with Crippen LogP contribution in [0.15, 0.2) is 17.0 Å². The summed E-state index contributed by atoms with van der Waals surface area (Å²) in [5.41, 5.74) is 5.37. The van der Waals surface area contributed by atoms with Crippen molar-refractivity contribution in [3.05, 3.63) is 12.6 Å². The van der Waals surface area contributed by atoms with Gasteiger partial charge in [0.1, 0.15) is 0 Å². The Bertz CT molecular complexity index is 341. The molecule has 0 saturated heterocycles. The monoisotopic (exact) mass is 168 g/mol. The third kappa shape index (κ3) is 1.07. The van der Waals surface area contributed by atoms with E-state index in [1.807, 2.05) is 0 Å². The third-order valence-electron chi connectivity index (χ3n) is 1.08. The number of nitrogens with two attached hydrogens (primary N) is 1. The molecule has 0 aliphatic carbocycles. The third-order valence-corrected chi connectivity index (χ3v) is 1.85. The average molecular weight is 168 g/mol. The first-order valence-electron chi connectivity index (χ1n) is 2.84. The van der Waals surface area contributed by atoms with E-state index in [0.717, 1.165) is 0 Å². The molecule has 0 radical (unpaired) electrons. The van der Waals surface area contributed by atoms with Gasteiger partial charge in [-0.15, -0.1) is 10.2 Å². The predicted octanol–water partition coefficient (Wildman–Crippen LogP) is 0.775. The van der Waals surface area contributed by atoms with E-state index in [-0.39, 0.29) is 0 Å². The van der Waals surface area contributed by atoms with Crippen LogP contribution >= 0.6 is 11.3 Å². The SMILES string of the molecule is Nc1nnc(-c2cnco2)s1. The molecule has 0 bridgehead atoms. The van der Waals surface area contributed by atoms with E-state index in [4.69, 9.17) is 10.2 Å². The standard InChI is InChI=1S/C5H4N4OS/c6-5-9-8-4(11-5)3-1-7-2-10-3/h1-2H,(H2,6,9). The molecule has 0 saturated carbocycles. The van der Waals surface area contributed by atoms with Crippen molar-refractivity contribution in [2.75, 3.05) is 5.73 Å². The van der Waals surface area contributed by atoms with Crippen LogP contribution in [0, 0.1) is 0 Å². The van der Waals surface area contributed by atoms with Crippen molar-refractivity contribution in [1.29, 1.82) is 0 Å². The molecule has 6 heteroatoms. The normalized spacial score (nSPS) is 10.2. The second kappa shape index (κ2) is 2.31. The average Bonchev–Trinajstić information content (AvgIpc) is 2.55. The molecule has 2 N–H and O–H groups in total. The second-order valence-corrected chi connectivity index (χ2v) is 2.82. The lowest BCUT2D eigenvalue weighted by Gasteiger charge is -1.80. The highest BCUT2D eigenvalue weighted by molar-refractivity contribution is 7.18.